The minimum Gasteiger partial charge on any atom is -0.436 e. The van der Waals surface area contributed by atoms with E-state index in [0.717, 1.165) is 13.4 Å². The number of halogens is 1. The highest BCUT2D eigenvalue weighted by molar-refractivity contribution is 7.45. The van der Waals surface area contributed by atoms with E-state index in [1.807, 2.05) is 52.8 Å². The summed E-state index contributed by atoms with van der Waals surface area (Å²) in [5.41, 5.74) is 6.92. The summed E-state index contributed by atoms with van der Waals surface area (Å²) in [6.07, 6.45) is 1.80. The average molecular weight is 618 g/mol. The summed E-state index contributed by atoms with van der Waals surface area (Å²) < 4.78 is 24.2. The molecule has 5 N–H and O–H groups in total. The molecule has 0 spiro atoms. The quantitative estimate of drug-likeness (QED) is 0.115. The fraction of sp³-hybridized carbons (Fsp3) is 0.538. The number of para-hydroxylation sites is 1. The fourth-order valence-electron chi connectivity index (χ4n) is 2.78. The Morgan fingerprint density at radius 2 is 1.80 bits per heavy atom. The molecule has 0 radical (unpaired) electrons. The summed E-state index contributed by atoms with van der Waals surface area (Å²) >= 11 is 6.12. The van der Waals surface area contributed by atoms with E-state index in [0.29, 0.717) is 28.8 Å². The van der Waals surface area contributed by atoms with Crippen molar-refractivity contribution in [3.8, 4) is 5.75 Å². The van der Waals surface area contributed by atoms with Crippen molar-refractivity contribution in [1.82, 2.24) is 24.6 Å². The standard InChI is InChI=1S/C19H25ClN7O4P.C4H10O.C2H6.CH4O/c1-13(27-12-23-16-17(22-2)25-19(21)26-18(16)27)30-15(10-20)11-29-32(24-8-9-28)31-14-6-4-3-5-7-14;1-4(2)5-3;2*1-2/h3-7,9,12-13,15,24H,8,10-11H2,1-2H3,(H3,21,22,25,26);4H,1-3H3;1-2H3;2H,1H3. The lowest BCUT2D eigenvalue weighted by Crippen LogP contribution is -2.26. The number of imidazole rings is 1. The highest BCUT2D eigenvalue weighted by Gasteiger charge is 2.21. The maximum atomic E-state index is 10.8. The summed E-state index contributed by atoms with van der Waals surface area (Å²) in [4.78, 5) is 23.5. The number of hydrogen-bond acceptors (Lipinski definition) is 12. The molecule has 0 saturated heterocycles. The fourth-order valence-corrected chi connectivity index (χ4v) is 3.99. The van der Waals surface area contributed by atoms with Crippen molar-refractivity contribution < 1.29 is 28.4 Å². The number of rotatable bonds is 14. The molecule has 2 heterocycles. The number of carbonyl (C=O) groups excluding carboxylic acids is 1. The van der Waals surface area contributed by atoms with Crippen molar-refractivity contribution in [2.24, 2.45) is 0 Å². The number of aromatic nitrogens is 4. The Hall–Kier alpha value is -2.64. The van der Waals surface area contributed by atoms with Crippen LogP contribution < -0.4 is 20.7 Å². The molecule has 0 bridgehead atoms. The van der Waals surface area contributed by atoms with Gasteiger partial charge < -0.3 is 39.5 Å². The van der Waals surface area contributed by atoms with E-state index in [9.17, 15) is 4.79 Å². The van der Waals surface area contributed by atoms with Gasteiger partial charge >= 0.3 is 8.53 Å². The molecule has 0 fully saturated rings. The molecule has 0 aliphatic rings. The first-order chi connectivity index (χ1) is 19.8. The molecule has 0 aliphatic heterocycles. The van der Waals surface area contributed by atoms with Crippen LogP contribution in [0.1, 0.15) is 40.8 Å². The Kier molecular flexibility index (Phi) is 21.5. The monoisotopic (exact) mass is 617 g/mol. The molecular formula is C26H45ClN7O6P. The van der Waals surface area contributed by atoms with Gasteiger partial charge in [-0.05, 0) is 32.9 Å². The second-order valence-corrected chi connectivity index (χ2v) is 9.37. The van der Waals surface area contributed by atoms with Gasteiger partial charge in [0, 0.05) is 21.3 Å². The molecule has 3 aromatic rings. The molecule has 13 nitrogen and oxygen atoms in total. The first-order valence-electron chi connectivity index (χ1n) is 13.0. The second-order valence-electron chi connectivity index (χ2n) is 7.79. The number of benzene rings is 1. The number of aliphatic hydroxyl groups excluding tert-OH is 1. The third-order valence-electron chi connectivity index (χ3n) is 4.71. The molecule has 15 heteroatoms. The molecule has 2 aromatic heterocycles. The molecule has 0 saturated carbocycles. The van der Waals surface area contributed by atoms with Crippen molar-refractivity contribution in [1.29, 1.82) is 0 Å². The Labute approximate surface area is 249 Å². The number of aldehydes is 1. The summed E-state index contributed by atoms with van der Waals surface area (Å²) in [6.45, 7) is 10.1. The molecule has 41 heavy (non-hydrogen) atoms. The first-order valence-corrected chi connectivity index (χ1v) is 14.7. The van der Waals surface area contributed by atoms with Gasteiger partial charge in [-0.3, -0.25) is 4.57 Å². The molecule has 3 atom stereocenters. The lowest BCUT2D eigenvalue weighted by atomic mass is 10.3. The largest absolute Gasteiger partial charge is 0.436 e. The average Bonchev–Trinajstić information content (AvgIpc) is 3.44. The molecule has 0 amide bonds. The summed E-state index contributed by atoms with van der Waals surface area (Å²) in [7, 11) is 2.86. The second kappa shape index (κ2) is 23.0. The van der Waals surface area contributed by atoms with Gasteiger partial charge in [-0.25, -0.2) is 10.1 Å². The predicted octanol–water partition coefficient (Wildman–Crippen LogP) is 4.38. The smallest absolute Gasteiger partial charge is 0.318 e. The number of nitrogens with two attached hydrogens (primary N) is 1. The number of fused-ring (bicyclic) bond motifs is 1. The Morgan fingerprint density at radius 1 is 1.17 bits per heavy atom. The maximum absolute atomic E-state index is 10.8. The zero-order valence-corrected chi connectivity index (χ0v) is 26.7. The van der Waals surface area contributed by atoms with Gasteiger partial charge in [-0.1, -0.05) is 32.0 Å². The van der Waals surface area contributed by atoms with Crippen molar-refractivity contribution in [3.05, 3.63) is 36.7 Å². The highest BCUT2D eigenvalue weighted by atomic mass is 35.5. The highest BCUT2D eigenvalue weighted by Crippen LogP contribution is 2.35. The SMILES string of the molecule is CC.CNc1nc(N)nc2c1ncn2C(C)OC(CCl)COP(NCC=O)Oc1ccccc1.CO.COC(C)C. The number of alkyl halides is 1. The van der Waals surface area contributed by atoms with Gasteiger partial charge in [0.1, 0.15) is 18.3 Å². The summed E-state index contributed by atoms with van der Waals surface area (Å²) in [6, 6.07) is 9.18. The van der Waals surface area contributed by atoms with Gasteiger partial charge in [0.05, 0.1) is 37.6 Å². The van der Waals surface area contributed by atoms with Crippen LogP contribution >= 0.6 is 20.1 Å². The lowest BCUT2D eigenvalue weighted by molar-refractivity contribution is -0.106. The van der Waals surface area contributed by atoms with Crippen LogP contribution in [0.5, 0.6) is 5.75 Å². The van der Waals surface area contributed by atoms with E-state index in [2.05, 4.69) is 25.4 Å². The number of aliphatic hydroxyl groups is 1. The van der Waals surface area contributed by atoms with Gasteiger partial charge in [-0.2, -0.15) is 9.97 Å². The number of carbonyl (C=O) groups is 1. The number of anilines is 2. The van der Waals surface area contributed by atoms with Crippen molar-refractivity contribution in [2.75, 3.05) is 51.3 Å². The van der Waals surface area contributed by atoms with Gasteiger partial charge in [0.25, 0.3) is 0 Å². The van der Waals surface area contributed by atoms with Crippen LogP contribution in [0.3, 0.4) is 0 Å². The van der Waals surface area contributed by atoms with E-state index >= 15 is 0 Å². The molecule has 3 unspecified atom stereocenters. The van der Waals surface area contributed by atoms with Gasteiger partial charge in [0.15, 0.2) is 17.0 Å². The van der Waals surface area contributed by atoms with Crippen molar-refractivity contribution in [2.45, 2.75) is 53.1 Å². The van der Waals surface area contributed by atoms with E-state index in [1.54, 1.807) is 37.2 Å². The van der Waals surface area contributed by atoms with Crippen LogP contribution in [0.4, 0.5) is 11.8 Å². The third-order valence-corrected chi connectivity index (χ3v) is 6.26. The minimum atomic E-state index is -1.57. The van der Waals surface area contributed by atoms with E-state index in [4.69, 9.17) is 41.0 Å². The van der Waals surface area contributed by atoms with Gasteiger partial charge in [-0.15, -0.1) is 11.6 Å². The number of nitrogens with one attached hydrogen (secondary N) is 2. The van der Waals surface area contributed by atoms with Crippen LogP contribution in [0.25, 0.3) is 11.2 Å². The van der Waals surface area contributed by atoms with Crippen LogP contribution in [0.15, 0.2) is 36.7 Å². The third kappa shape index (κ3) is 14.2. The molecule has 3 rings (SSSR count). The number of methoxy groups -OCH3 is 1. The minimum absolute atomic E-state index is 0.0945. The summed E-state index contributed by atoms with van der Waals surface area (Å²) in [5, 5.41) is 12.9. The Morgan fingerprint density at radius 3 is 2.34 bits per heavy atom. The zero-order valence-electron chi connectivity index (χ0n) is 25.1. The topological polar surface area (TPSA) is 168 Å². The van der Waals surface area contributed by atoms with Crippen molar-refractivity contribution in [3.63, 3.8) is 0 Å². The predicted molar refractivity (Wildman–Crippen MR) is 165 cm³/mol. The zero-order chi connectivity index (χ0) is 31.2. The molecule has 232 valence electrons. The van der Waals surface area contributed by atoms with Crippen molar-refractivity contribution >= 4 is 49.3 Å². The van der Waals surface area contributed by atoms with Crippen LogP contribution in [-0.2, 0) is 18.8 Å². The maximum Gasteiger partial charge on any atom is 0.318 e. The van der Waals surface area contributed by atoms with Crippen LogP contribution in [0, 0.1) is 0 Å². The molecule has 1 aromatic carbocycles. The van der Waals surface area contributed by atoms with E-state index in [1.165, 1.54) is 0 Å². The van der Waals surface area contributed by atoms with E-state index < -0.39 is 20.9 Å². The molecular weight excluding hydrogens is 573 g/mol. The molecule has 0 aliphatic carbocycles. The summed E-state index contributed by atoms with van der Waals surface area (Å²) in [5.74, 6) is 1.45. The Bertz CT molecular complexity index is 1080. The first kappa shape index (κ1) is 38.4. The lowest BCUT2D eigenvalue weighted by Gasteiger charge is -2.24. The van der Waals surface area contributed by atoms with Crippen LogP contribution in [-0.4, -0.2) is 83.4 Å². The van der Waals surface area contributed by atoms with Gasteiger partial charge in [0.2, 0.25) is 5.95 Å². The number of nitrogens with zero attached hydrogens (tertiary/aromatic N) is 4. The van der Waals surface area contributed by atoms with Crippen LogP contribution in [0.2, 0.25) is 0 Å². The Balaban J connectivity index is 0.00000158. The normalized spacial score (nSPS) is 12.5. The van der Waals surface area contributed by atoms with E-state index in [-0.39, 0.29) is 25.0 Å². The number of hydrogen-bond donors (Lipinski definition) is 4. The number of nitrogen functional groups attached to an aromatic ring is 1. The number of ether oxygens (including phenoxy) is 2.